The zero-order valence-electron chi connectivity index (χ0n) is 11.9. The molecule has 0 aliphatic heterocycles. The fraction of sp³-hybridized carbons (Fsp3) is 0.385. The number of rotatable bonds is 5. The Kier molecular flexibility index (Phi) is 5.66. The summed E-state index contributed by atoms with van der Waals surface area (Å²) in [7, 11) is 1.47. The van der Waals surface area contributed by atoms with Crippen molar-refractivity contribution < 1.29 is 14.5 Å². The van der Waals surface area contributed by atoms with Crippen molar-refractivity contribution in [3.05, 3.63) is 38.9 Å². The molecule has 0 atom stereocenters. The molecule has 0 fully saturated rings. The van der Waals surface area contributed by atoms with Crippen molar-refractivity contribution in [1.82, 2.24) is 10.2 Å². The van der Waals surface area contributed by atoms with E-state index in [4.69, 9.17) is 11.6 Å². The second-order valence-electron chi connectivity index (χ2n) is 4.81. The van der Waals surface area contributed by atoms with Crippen LogP contribution < -0.4 is 5.32 Å². The average molecular weight is 314 g/mol. The minimum atomic E-state index is -0.629. The van der Waals surface area contributed by atoms with Gasteiger partial charge in [-0.1, -0.05) is 11.6 Å². The fourth-order valence-corrected chi connectivity index (χ4v) is 1.91. The minimum Gasteiger partial charge on any atom is -0.352 e. The molecule has 1 rings (SSSR count). The Morgan fingerprint density at radius 1 is 1.43 bits per heavy atom. The number of nitrogens with zero attached hydrogens (tertiary/aromatic N) is 2. The largest absolute Gasteiger partial charge is 0.352 e. The fourth-order valence-electron chi connectivity index (χ4n) is 1.66. The molecule has 0 saturated carbocycles. The minimum absolute atomic E-state index is 0.0187. The standard InChI is InChI=1S/C13H16ClN3O4/c1-8(2)15-12(18)7-16(3)13(19)9-4-5-11(17(20)21)10(14)6-9/h4-6,8H,7H2,1-3H3,(H,15,18). The number of nitro groups is 1. The van der Waals surface area contributed by atoms with Gasteiger partial charge in [-0.05, 0) is 26.0 Å². The lowest BCUT2D eigenvalue weighted by atomic mass is 10.2. The number of carbonyl (C=O) groups excluding carboxylic acids is 2. The van der Waals surface area contributed by atoms with E-state index in [2.05, 4.69) is 5.32 Å². The van der Waals surface area contributed by atoms with Gasteiger partial charge < -0.3 is 10.2 Å². The molecule has 0 spiro atoms. The van der Waals surface area contributed by atoms with Crippen LogP contribution in [-0.4, -0.2) is 41.3 Å². The van der Waals surface area contributed by atoms with Gasteiger partial charge in [0.2, 0.25) is 5.91 Å². The van der Waals surface area contributed by atoms with Crippen LogP contribution in [0.15, 0.2) is 18.2 Å². The SMILES string of the molecule is CC(C)NC(=O)CN(C)C(=O)c1ccc([N+](=O)[O-])c(Cl)c1. The average Bonchev–Trinajstić information content (AvgIpc) is 2.35. The smallest absolute Gasteiger partial charge is 0.287 e. The van der Waals surface area contributed by atoms with E-state index in [-0.39, 0.29) is 34.8 Å². The predicted molar refractivity (Wildman–Crippen MR) is 78.3 cm³/mol. The van der Waals surface area contributed by atoms with E-state index in [9.17, 15) is 19.7 Å². The van der Waals surface area contributed by atoms with E-state index >= 15 is 0 Å². The number of benzene rings is 1. The number of halogens is 1. The van der Waals surface area contributed by atoms with Crippen LogP contribution in [0.4, 0.5) is 5.69 Å². The highest BCUT2D eigenvalue weighted by molar-refractivity contribution is 6.33. The van der Waals surface area contributed by atoms with Gasteiger partial charge in [0.25, 0.3) is 11.6 Å². The number of nitro benzene ring substituents is 1. The van der Waals surface area contributed by atoms with Crippen LogP contribution in [-0.2, 0) is 4.79 Å². The van der Waals surface area contributed by atoms with Crippen LogP contribution in [0.1, 0.15) is 24.2 Å². The molecule has 2 amide bonds. The molecule has 114 valence electrons. The highest BCUT2D eigenvalue weighted by Crippen LogP contribution is 2.25. The lowest BCUT2D eigenvalue weighted by Crippen LogP contribution is -2.40. The van der Waals surface area contributed by atoms with E-state index in [1.807, 2.05) is 13.8 Å². The first-order chi connectivity index (χ1) is 9.72. The highest BCUT2D eigenvalue weighted by atomic mass is 35.5. The molecule has 7 nitrogen and oxygen atoms in total. The highest BCUT2D eigenvalue weighted by Gasteiger charge is 2.19. The molecule has 0 aliphatic carbocycles. The first-order valence-corrected chi connectivity index (χ1v) is 6.59. The summed E-state index contributed by atoms with van der Waals surface area (Å²) < 4.78 is 0. The molecule has 8 heteroatoms. The maximum Gasteiger partial charge on any atom is 0.287 e. The first kappa shape index (κ1) is 16.9. The number of hydrogen-bond acceptors (Lipinski definition) is 4. The third-order valence-corrected chi connectivity index (χ3v) is 2.87. The Morgan fingerprint density at radius 2 is 2.05 bits per heavy atom. The molecule has 1 aromatic rings. The van der Waals surface area contributed by atoms with E-state index in [1.54, 1.807) is 0 Å². The van der Waals surface area contributed by atoms with E-state index in [0.29, 0.717) is 0 Å². The lowest BCUT2D eigenvalue weighted by molar-refractivity contribution is -0.384. The lowest BCUT2D eigenvalue weighted by Gasteiger charge is -2.18. The van der Waals surface area contributed by atoms with Crippen LogP contribution in [0, 0.1) is 10.1 Å². The maximum absolute atomic E-state index is 12.1. The summed E-state index contributed by atoms with van der Waals surface area (Å²) in [5, 5.41) is 13.2. The van der Waals surface area contributed by atoms with Gasteiger partial charge in [-0.2, -0.15) is 0 Å². The van der Waals surface area contributed by atoms with Crippen LogP contribution in [0.25, 0.3) is 0 Å². The van der Waals surface area contributed by atoms with Gasteiger partial charge >= 0.3 is 0 Å². The third kappa shape index (κ3) is 4.71. The van der Waals surface area contributed by atoms with Crippen molar-refractivity contribution in [2.75, 3.05) is 13.6 Å². The summed E-state index contributed by atoms with van der Waals surface area (Å²) in [5.74, 6) is -0.723. The molecule has 0 unspecified atom stereocenters. The van der Waals surface area contributed by atoms with Crippen molar-refractivity contribution in [3.63, 3.8) is 0 Å². The van der Waals surface area contributed by atoms with Gasteiger partial charge in [-0.25, -0.2) is 0 Å². The number of carbonyl (C=O) groups is 2. The van der Waals surface area contributed by atoms with E-state index in [1.165, 1.54) is 24.1 Å². The Morgan fingerprint density at radius 3 is 2.52 bits per heavy atom. The van der Waals surface area contributed by atoms with Gasteiger partial charge in [0, 0.05) is 24.7 Å². The molecule has 0 bridgehead atoms. The summed E-state index contributed by atoms with van der Waals surface area (Å²) in [6, 6.07) is 3.68. The number of hydrogen-bond donors (Lipinski definition) is 1. The molecule has 0 heterocycles. The molecular formula is C13H16ClN3O4. The van der Waals surface area contributed by atoms with Gasteiger partial charge in [0.15, 0.2) is 0 Å². The topological polar surface area (TPSA) is 92.6 Å². The third-order valence-electron chi connectivity index (χ3n) is 2.57. The Balaban J connectivity index is 2.81. The molecule has 0 radical (unpaired) electrons. The van der Waals surface area contributed by atoms with Crippen molar-refractivity contribution >= 4 is 29.1 Å². The van der Waals surface area contributed by atoms with Crippen molar-refractivity contribution in [2.45, 2.75) is 19.9 Å². The summed E-state index contributed by atoms with van der Waals surface area (Å²) in [4.78, 5) is 35.0. The normalized spacial score (nSPS) is 10.3. The molecule has 1 N–H and O–H groups in total. The van der Waals surface area contributed by atoms with Gasteiger partial charge in [-0.3, -0.25) is 19.7 Å². The molecule has 21 heavy (non-hydrogen) atoms. The monoisotopic (exact) mass is 313 g/mol. The van der Waals surface area contributed by atoms with Crippen molar-refractivity contribution in [2.24, 2.45) is 0 Å². The number of nitrogens with one attached hydrogen (secondary N) is 1. The predicted octanol–water partition coefficient (Wildman–Crippen LogP) is 1.84. The number of amides is 2. The van der Waals surface area contributed by atoms with Gasteiger partial charge in [0.05, 0.1) is 11.5 Å². The summed E-state index contributed by atoms with van der Waals surface area (Å²) in [6.45, 7) is 3.53. The van der Waals surface area contributed by atoms with Crippen LogP contribution in [0.2, 0.25) is 5.02 Å². The molecular weight excluding hydrogens is 298 g/mol. The van der Waals surface area contributed by atoms with Gasteiger partial charge in [-0.15, -0.1) is 0 Å². The van der Waals surface area contributed by atoms with Crippen molar-refractivity contribution in [1.29, 1.82) is 0 Å². The second kappa shape index (κ2) is 7.03. The maximum atomic E-state index is 12.1. The Bertz CT molecular complexity index is 575. The van der Waals surface area contributed by atoms with Gasteiger partial charge in [0.1, 0.15) is 5.02 Å². The van der Waals surface area contributed by atoms with Crippen molar-refractivity contribution in [3.8, 4) is 0 Å². The molecule has 0 aromatic heterocycles. The second-order valence-corrected chi connectivity index (χ2v) is 5.21. The summed E-state index contributed by atoms with van der Waals surface area (Å²) in [6.07, 6.45) is 0. The van der Waals surface area contributed by atoms with Crippen LogP contribution >= 0.6 is 11.6 Å². The summed E-state index contributed by atoms with van der Waals surface area (Å²) in [5.41, 5.74) is -0.0844. The number of likely N-dealkylation sites (N-methyl/N-ethyl adjacent to an activating group) is 1. The Labute approximate surface area is 127 Å². The van der Waals surface area contributed by atoms with E-state index in [0.717, 1.165) is 6.07 Å². The van der Waals surface area contributed by atoms with Crippen LogP contribution in [0.3, 0.4) is 0 Å². The molecule has 1 aromatic carbocycles. The molecule has 0 aliphatic rings. The first-order valence-electron chi connectivity index (χ1n) is 6.21. The zero-order valence-corrected chi connectivity index (χ0v) is 12.7. The Hall–Kier alpha value is -2.15. The zero-order chi connectivity index (χ0) is 16.2. The van der Waals surface area contributed by atoms with E-state index < -0.39 is 10.8 Å². The van der Waals surface area contributed by atoms with Crippen LogP contribution in [0.5, 0.6) is 0 Å². The molecule has 0 saturated heterocycles. The summed E-state index contributed by atoms with van der Waals surface area (Å²) >= 11 is 5.76. The quantitative estimate of drug-likeness (QED) is 0.663.